The molecule has 5 heteroatoms. The lowest BCUT2D eigenvalue weighted by Crippen LogP contribution is -2.50. The van der Waals surface area contributed by atoms with Crippen LogP contribution in [0.2, 0.25) is 0 Å². The van der Waals surface area contributed by atoms with Gasteiger partial charge in [-0.05, 0) is 32.6 Å². The Morgan fingerprint density at radius 3 is 2.65 bits per heavy atom. The van der Waals surface area contributed by atoms with Gasteiger partial charge in [0, 0.05) is 24.2 Å². The monoisotopic (exact) mass is 235 g/mol. The van der Waals surface area contributed by atoms with Crippen molar-refractivity contribution in [1.82, 2.24) is 10.1 Å². The van der Waals surface area contributed by atoms with E-state index in [-0.39, 0.29) is 11.9 Å². The molecule has 2 aliphatic rings. The Balaban J connectivity index is 1.83. The molecule has 0 radical (unpaired) electrons. The summed E-state index contributed by atoms with van der Waals surface area (Å²) in [7, 11) is 0. The van der Waals surface area contributed by atoms with E-state index in [4.69, 9.17) is 10.3 Å². The van der Waals surface area contributed by atoms with Crippen molar-refractivity contribution in [2.24, 2.45) is 5.73 Å². The van der Waals surface area contributed by atoms with E-state index in [9.17, 15) is 4.79 Å². The lowest BCUT2D eigenvalue weighted by Gasteiger charge is -2.37. The summed E-state index contributed by atoms with van der Waals surface area (Å²) in [6.07, 6.45) is 3.96. The van der Waals surface area contributed by atoms with E-state index in [0.717, 1.165) is 31.4 Å². The van der Waals surface area contributed by atoms with Crippen molar-refractivity contribution in [3.8, 4) is 0 Å². The molecule has 2 N–H and O–H groups in total. The summed E-state index contributed by atoms with van der Waals surface area (Å²) in [5.41, 5.74) is 6.73. The van der Waals surface area contributed by atoms with Crippen molar-refractivity contribution in [2.75, 3.05) is 0 Å². The third-order valence-electron chi connectivity index (χ3n) is 3.84. The van der Waals surface area contributed by atoms with Crippen molar-refractivity contribution in [3.63, 3.8) is 0 Å². The van der Waals surface area contributed by atoms with Crippen LogP contribution in [0.4, 0.5) is 0 Å². The Morgan fingerprint density at radius 1 is 1.47 bits per heavy atom. The predicted octanol–water partition coefficient (Wildman–Crippen LogP) is 1.08. The molecule has 2 unspecified atom stereocenters. The van der Waals surface area contributed by atoms with E-state index in [1.54, 1.807) is 6.07 Å². The van der Waals surface area contributed by atoms with Gasteiger partial charge in [-0.3, -0.25) is 4.79 Å². The van der Waals surface area contributed by atoms with Gasteiger partial charge in [0.1, 0.15) is 0 Å². The van der Waals surface area contributed by atoms with E-state index in [2.05, 4.69) is 5.16 Å². The molecule has 0 aromatic carbocycles. The summed E-state index contributed by atoms with van der Waals surface area (Å²) in [6.45, 7) is 1.82. The van der Waals surface area contributed by atoms with Crippen LogP contribution in [0.5, 0.6) is 0 Å². The van der Waals surface area contributed by atoms with Gasteiger partial charge in [0.2, 0.25) is 5.76 Å². The maximum absolute atomic E-state index is 12.3. The standard InChI is InChI=1S/C12H17N3O2/c1-7-4-11(17-14-7)12(16)15-9-2-3-10(15)6-8(13)5-9/h4,8-10H,2-3,5-6,13H2,1H3. The van der Waals surface area contributed by atoms with Crippen molar-refractivity contribution < 1.29 is 9.32 Å². The average Bonchev–Trinajstić information content (AvgIpc) is 2.81. The molecule has 92 valence electrons. The highest BCUT2D eigenvalue weighted by molar-refractivity contribution is 5.92. The molecule has 1 aromatic heterocycles. The number of hydrogen-bond acceptors (Lipinski definition) is 4. The Bertz CT molecular complexity index is 429. The van der Waals surface area contributed by atoms with Crippen LogP contribution in [0, 0.1) is 6.92 Å². The largest absolute Gasteiger partial charge is 0.351 e. The zero-order valence-electron chi connectivity index (χ0n) is 9.93. The molecular weight excluding hydrogens is 218 g/mol. The molecule has 1 amide bonds. The van der Waals surface area contributed by atoms with Crippen LogP contribution in [-0.4, -0.2) is 34.1 Å². The Morgan fingerprint density at radius 2 is 2.12 bits per heavy atom. The fourth-order valence-corrected chi connectivity index (χ4v) is 3.14. The highest BCUT2D eigenvalue weighted by Crippen LogP contribution is 2.36. The molecule has 0 aliphatic carbocycles. The van der Waals surface area contributed by atoms with Crippen LogP contribution in [0.3, 0.4) is 0 Å². The number of fused-ring (bicyclic) bond motifs is 2. The van der Waals surface area contributed by atoms with E-state index in [0.29, 0.717) is 17.8 Å². The van der Waals surface area contributed by atoms with Gasteiger partial charge in [0.05, 0.1) is 5.69 Å². The van der Waals surface area contributed by atoms with Gasteiger partial charge in [-0.25, -0.2) is 0 Å². The molecule has 17 heavy (non-hydrogen) atoms. The van der Waals surface area contributed by atoms with Gasteiger partial charge in [0.25, 0.3) is 5.91 Å². The van der Waals surface area contributed by atoms with Crippen molar-refractivity contribution in [3.05, 3.63) is 17.5 Å². The van der Waals surface area contributed by atoms with Gasteiger partial charge < -0.3 is 15.2 Å². The fraction of sp³-hybridized carbons (Fsp3) is 0.667. The number of piperidine rings is 1. The molecule has 2 saturated heterocycles. The van der Waals surface area contributed by atoms with Crippen molar-refractivity contribution >= 4 is 5.91 Å². The quantitative estimate of drug-likeness (QED) is 0.790. The van der Waals surface area contributed by atoms with Gasteiger partial charge in [-0.1, -0.05) is 5.16 Å². The smallest absolute Gasteiger partial charge is 0.292 e. The Kier molecular flexibility index (Phi) is 2.43. The van der Waals surface area contributed by atoms with Crippen molar-refractivity contribution in [1.29, 1.82) is 0 Å². The summed E-state index contributed by atoms with van der Waals surface area (Å²) in [5.74, 6) is 0.333. The molecule has 5 nitrogen and oxygen atoms in total. The number of rotatable bonds is 1. The number of nitrogens with zero attached hydrogens (tertiary/aromatic N) is 2. The number of nitrogens with two attached hydrogens (primary N) is 1. The molecule has 2 aliphatic heterocycles. The van der Waals surface area contributed by atoms with Gasteiger partial charge in [-0.2, -0.15) is 0 Å². The minimum atomic E-state index is -0.0231. The zero-order chi connectivity index (χ0) is 12.0. The second-order valence-electron chi connectivity index (χ2n) is 5.16. The molecule has 0 saturated carbocycles. The lowest BCUT2D eigenvalue weighted by molar-refractivity contribution is 0.0533. The van der Waals surface area contributed by atoms with Crippen molar-refractivity contribution in [2.45, 2.75) is 50.7 Å². The normalized spacial score (nSPS) is 31.9. The first-order valence-corrected chi connectivity index (χ1v) is 6.16. The van der Waals surface area contributed by atoms with Crippen LogP contribution < -0.4 is 5.73 Å². The van der Waals surface area contributed by atoms with Crippen LogP contribution >= 0.6 is 0 Å². The Labute approximate surface area is 99.9 Å². The molecule has 3 heterocycles. The molecule has 3 rings (SSSR count). The van der Waals surface area contributed by atoms with Gasteiger partial charge in [-0.15, -0.1) is 0 Å². The predicted molar refractivity (Wildman–Crippen MR) is 61.4 cm³/mol. The maximum atomic E-state index is 12.3. The SMILES string of the molecule is Cc1cc(C(=O)N2C3CCC2CC(N)C3)on1. The highest BCUT2D eigenvalue weighted by Gasteiger charge is 2.43. The number of carbonyl (C=O) groups is 1. The van der Waals surface area contributed by atoms with Crippen LogP contribution in [0.1, 0.15) is 41.9 Å². The topological polar surface area (TPSA) is 72.4 Å². The summed E-state index contributed by atoms with van der Waals surface area (Å²) in [4.78, 5) is 14.3. The van der Waals surface area contributed by atoms with E-state index < -0.39 is 0 Å². The summed E-state index contributed by atoms with van der Waals surface area (Å²) in [6, 6.07) is 2.53. The zero-order valence-corrected chi connectivity index (χ0v) is 9.93. The number of aryl methyl sites for hydroxylation is 1. The van der Waals surface area contributed by atoms with E-state index in [1.807, 2.05) is 11.8 Å². The fourth-order valence-electron chi connectivity index (χ4n) is 3.14. The second-order valence-corrected chi connectivity index (χ2v) is 5.16. The average molecular weight is 235 g/mol. The minimum absolute atomic E-state index is 0.0231. The second kappa shape index (κ2) is 3.84. The van der Waals surface area contributed by atoms with Gasteiger partial charge >= 0.3 is 0 Å². The summed E-state index contributed by atoms with van der Waals surface area (Å²) in [5, 5.41) is 3.77. The maximum Gasteiger partial charge on any atom is 0.292 e. The molecule has 0 spiro atoms. The number of hydrogen-bond donors (Lipinski definition) is 1. The first kappa shape index (κ1) is 10.8. The third kappa shape index (κ3) is 1.74. The molecule has 2 fully saturated rings. The molecule has 1 aromatic rings. The highest BCUT2D eigenvalue weighted by atomic mass is 16.5. The first-order valence-electron chi connectivity index (χ1n) is 6.16. The van der Waals surface area contributed by atoms with E-state index in [1.165, 1.54) is 0 Å². The first-order chi connectivity index (χ1) is 8.15. The van der Waals surface area contributed by atoms with Crippen LogP contribution in [-0.2, 0) is 0 Å². The molecule has 2 bridgehead atoms. The van der Waals surface area contributed by atoms with Crippen LogP contribution in [0.15, 0.2) is 10.6 Å². The lowest BCUT2D eigenvalue weighted by atomic mass is 9.98. The third-order valence-corrected chi connectivity index (χ3v) is 3.84. The van der Waals surface area contributed by atoms with E-state index >= 15 is 0 Å². The number of carbonyl (C=O) groups excluding carboxylic acids is 1. The molecule has 2 atom stereocenters. The number of amides is 1. The molecular formula is C12H17N3O2. The summed E-state index contributed by atoms with van der Waals surface area (Å²) < 4.78 is 5.06. The number of aromatic nitrogens is 1. The van der Waals surface area contributed by atoms with Gasteiger partial charge in [0.15, 0.2) is 0 Å². The Hall–Kier alpha value is -1.36. The van der Waals surface area contributed by atoms with Crippen LogP contribution in [0.25, 0.3) is 0 Å². The summed E-state index contributed by atoms with van der Waals surface area (Å²) >= 11 is 0. The minimum Gasteiger partial charge on any atom is -0.351 e.